The van der Waals surface area contributed by atoms with E-state index in [-0.39, 0.29) is 17.9 Å². The van der Waals surface area contributed by atoms with Gasteiger partial charge in [-0.25, -0.2) is 9.18 Å². The molecule has 7 heteroatoms. The molecule has 0 saturated carbocycles. The maximum atomic E-state index is 13.7. The standard InChI is InChI=1S/C15H14FN3O3/c1-3-18-9-11(7-17)14(20)19(15(18)21)8-10-4-5-13(22-2)12(16)6-10/h4-6,9H,3,8H2,1-2H3. The van der Waals surface area contributed by atoms with Crippen LogP contribution in [0.3, 0.4) is 0 Å². The Morgan fingerprint density at radius 1 is 1.36 bits per heavy atom. The summed E-state index contributed by atoms with van der Waals surface area (Å²) in [7, 11) is 1.35. The summed E-state index contributed by atoms with van der Waals surface area (Å²) in [6, 6.07) is 5.94. The van der Waals surface area contributed by atoms with Crippen LogP contribution in [0.15, 0.2) is 34.0 Å². The van der Waals surface area contributed by atoms with Crippen molar-refractivity contribution in [3.63, 3.8) is 0 Å². The zero-order chi connectivity index (χ0) is 16.3. The van der Waals surface area contributed by atoms with Crippen molar-refractivity contribution in [1.82, 2.24) is 9.13 Å². The van der Waals surface area contributed by atoms with Gasteiger partial charge in [0.2, 0.25) is 0 Å². The lowest BCUT2D eigenvalue weighted by molar-refractivity contribution is 0.386. The smallest absolute Gasteiger partial charge is 0.331 e. The molecule has 1 aromatic carbocycles. The summed E-state index contributed by atoms with van der Waals surface area (Å²) >= 11 is 0. The Labute approximate surface area is 125 Å². The van der Waals surface area contributed by atoms with Crippen molar-refractivity contribution in [1.29, 1.82) is 5.26 Å². The number of nitriles is 1. The van der Waals surface area contributed by atoms with Gasteiger partial charge in [0, 0.05) is 12.7 Å². The quantitative estimate of drug-likeness (QED) is 0.847. The lowest BCUT2D eigenvalue weighted by Crippen LogP contribution is -2.40. The van der Waals surface area contributed by atoms with Crippen LogP contribution < -0.4 is 16.0 Å². The molecule has 0 saturated heterocycles. The molecule has 0 unspecified atom stereocenters. The number of nitrogens with zero attached hydrogens (tertiary/aromatic N) is 3. The summed E-state index contributed by atoms with van der Waals surface area (Å²) in [6.07, 6.45) is 1.23. The molecule has 0 aliphatic heterocycles. The first-order chi connectivity index (χ1) is 10.5. The van der Waals surface area contributed by atoms with E-state index in [0.29, 0.717) is 12.1 Å². The van der Waals surface area contributed by atoms with Crippen LogP contribution in [0.2, 0.25) is 0 Å². The molecule has 0 atom stereocenters. The van der Waals surface area contributed by atoms with E-state index in [1.807, 2.05) is 0 Å². The minimum absolute atomic E-state index is 0.0767. The van der Waals surface area contributed by atoms with Gasteiger partial charge in [-0.1, -0.05) is 6.07 Å². The fourth-order valence-electron chi connectivity index (χ4n) is 2.09. The van der Waals surface area contributed by atoms with Crippen molar-refractivity contribution in [2.24, 2.45) is 0 Å². The molecule has 6 nitrogen and oxygen atoms in total. The first-order valence-electron chi connectivity index (χ1n) is 6.58. The normalized spacial score (nSPS) is 10.3. The highest BCUT2D eigenvalue weighted by molar-refractivity contribution is 5.30. The van der Waals surface area contributed by atoms with E-state index in [4.69, 9.17) is 10.00 Å². The summed E-state index contributed by atoms with van der Waals surface area (Å²) in [6.45, 7) is 1.93. The van der Waals surface area contributed by atoms with Gasteiger partial charge in [-0.05, 0) is 24.6 Å². The van der Waals surface area contributed by atoms with Gasteiger partial charge in [-0.2, -0.15) is 5.26 Å². The van der Waals surface area contributed by atoms with Gasteiger partial charge in [-0.3, -0.25) is 13.9 Å². The molecule has 0 radical (unpaired) electrons. The number of methoxy groups -OCH3 is 1. The first kappa shape index (κ1) is 15.5. The van der Waals surface area contributed by atoms with Crippen LogP contribution in [-0.2, 0) is 13.1 Å². The van der Waals surface area contributed by atoms with E-state index in [0.717, 1.165) is 4.57 Å². The highest BCUT2D eigenvalue weighted by Gasteiger charge is 2.12. The van der Waals surface area contributed by atoms with Gasteiger partial charge in [0.1, 0.15) is 11.6 Å². The highest BCUT2D eigenvalue weighted by atomic mass is 19.1. The van der Waals surface area contributed by atoms with Crippen molar-refractivity contribution in [2.75, 3.05) is 7.11 Å². The second-order valence-electron chi connectivity index (χ2n) is 4.58. The molecule has 2 rings (SSSR count). The Morgan fingerprint density at radius 3 is 2.64 bits per heavy atom. The van der Waals surface area contributed by atoms with Crippen molar-refractivity contribution < 1.29 is 9.13 Å². The fraction of sp³-hybridized carbons (Fsp3) is 0.267. The average molecular weight is 303 g/mol. The van der Waals surface area contributed by atoms with Crippen molar-refractivity contribution in [3.05, 3.63) is 62.2 Å². The zero-order valence-electron chi connectivity index (χ0n) is 12.2. The molecule has 0 amide bonds. The third-order valence-corrected chi connectivity index (χ3v) is 3.26. The summed E-state index contributed by atoms with van der Waals surface area (Å²) in [4.78, 5) is 24.3. The maximum Gasteiger partial charge on any atom is 0.331 e. The molecule has 0 spiro atoms. The molecule has 22 heavy (non-hydrogen) atoms. The number of aryl methyl sites for hydroxylation is 1. The number of benzene rings is 1. The Bertz CT molecular complexity index is 862. The minimum Gasteiger partial charge on any atom is -0.494 e. The Morgan fingerprint density at radius 2 is 2.09 bits per heavy atom. The van der Waals surface area contributed by atoms with Crippen LogP contribution >= 0.6 is 0 Å². The van der Waals surface area contributed by atoms with Crippen LogP contribution in [0.4, 0.5) is 4.39 Å². The number of hydrogen-bond acceptors (Lipinski definition) is 4. The van der Waals surface area contributed by atoms with Crippen molar-refractivity contribution >= 4 is 0 Å². The predicted octanol–water partition coefficient (Wildman–Crippen LogP) is 1.10. The van der Waals surface area contributed by atoms with Gasteiger partial charge in [0.25, 0.3) is 5.56 Å². The third-order valence-electron chi connectivity index (χ3n) is 3.26. The van der Waals surface area contributed by atoms with E-state index in [2.05, 4.69) is 0 Å². The lowest BCUT2D eigenvalue weighted by Gasteiger charge is -2.10. The molecule has 1 heterocycles. The molecule has 114 valence electrons. The molecular formula is C15H14FN3O3. The molecular weight excluding hydrogens is 289 g/mol. The Kier molecular flexibility index (Phi) is 4.41. The van der Waals surface area contributed by atoms with Crippen LogP contribution in [0.5, 0.6) is 5.75 Å². The minimum atomic E-state index is -0.687. The third kappa shape index (κ3) is 2.76. The number of hydrogen-bond donors (Lipinski definition) is 0. The van der Waals surface area contributed by atoms with E-state index < -0.39 is 17.1 Å². The Balaban J connectivity index is 2.54. The van der Waals surface area contributed by atoms with Crippen LogP contribution in [0.25, 0.3) is 0 Å². The molecule has 0 bridgehead atoms. The first-order valence-corrected chi connectivity index (χ1v) is 6.58. The van der Waals surface area contributed by atoms with Gasteiger partial charge in [-0.15, -0.1) is 0 Å². The van der Waals surface area contributed by atoms with Gasteiger partial charge >= 0.3 is 5.69 Å². The zero-order valence-corrected chi connectivity index (χ0v) is 12.2. The number of rotatable bonds is 4. The average Bonchev–Trinajstić information content (AvgIpc) is 2.52. The second-order valence-corrected chi connectivity index (χ2v) is 4.58. The summed E-state index contributed by atoms with van der Waals surface area (Å²) in [5.74, 6) is -0.506. The molecule has 0 aliphatic rings. The van der Waals surface area contributed by atoms with Crippen molar-refractivity contribution in [3.8, 4) is 11.8 Å². The fourth-order valence-corrected chi connectivity index (χ4v) is 2.09. The summed E-state index contributed by atoms with van der Waals surface area (Å²) in [5.41, 5.74) is -0.929. The van der Waals surface area contributed by atoms with Crippen molar-refractivity contribution in [2.45, 2.75) is 20.0 Å². The lowest BCUT2D eigenvalue weighted by atomic mass is 10.2. The number of halogens is 1. The molecule has 1 aromatic heterocycles. The van der Waals surface area contributed by atoms with E-state index >= 15 is 0 Å². The van der Waals surface area contributed by atoms with Crippen LogP contribution in [-0.4, -0.2) is 16.2 Å². The molecule has 0 aliphatic carbocycles. The maximum absolute atomic E-state index is 13.7. The van der Waals surface area contributed by atoms with E-state index in [1.54, 1.807) is 19.1 Å². The molecule has 0 fully saturated rings. The number of aromatic nitrogens is 2. The van der Waals surface area contributed by atoms with Gasteiger partial charge in [0.05, 0.1) is 13.7 Å². The molecule has 0 N–H and O–H groups in total. The number of ether oxygens (including phenoxy) is 1. The van der Waals surface area contributed by atoms with E-state index in [9.17, 15) is 14.0 Å². The SMILES string of the molecule is CCn1cc(C#N)c(=O)n(Cc2ccc(OC)c(F)c2)c1=O. The van der Waals surface area contributed by atoms with E-state index in [1.165, 1.54) is 30.0 Å². The Hall–Kier alpha value is -2.88. The topological polar surface area (TPSA) is 77.0 Å². The predicted molar refractivity (Wildman–Crippen MR) is 77.4 cm³/mol. The van der Waals surface area contributed by atoms with Crippen LogP contribution in [0, 0.1) is 17.1 Å². The highest BCUT2D eigenvalue weighted by Crippen LogP contribution is 2.17. The van der Waals surface area contributed by atoms with Gasteiger partial charge in [0.15, 0.2) is 11.6 Å². The molecule has 2 aromatic rings. The summed E-state index contributed by atoms with van der Waals surface area (Å²) in [5, 5.41) is 8.98. The van der Waals surface area contributed by atoms with Gasteiger partial charge < -0.3 is 4.74 Å². The monoisotopic (exact) mass is 303 g/mol. The summed E-state index contributed by atoms with van der Waals surface area (Å²) < 4.78 is 20.7. The van der Waals surface area contributed by atoms with Crippen LogP contribution in [0.1, 0.15) is 18.1 Å². The largest absolute Gasteiger partial charge is 0.494 e. The second kappa shape index (κ2) is 6.26.